The molecule has 0 saturated carbocycles. The molecule has 0 spiro atoms. The van der Waals surface area contributed by atoms with E-state index in [0.717, 1.165) is 5.57 Å². The van der Waals surface area contributed by atoms with Crippen LogP contribution in [0.4, 0.5) is 0 Å². The minimum atomic E-state index is -3.86. The van der Waals surface area contributed by atoms with Crippen molar-refractivity contribution in [2.45, 2.75) is 18.7 Å². The second-order valence-corrected chi connectivity index (χ2v) is 6.97. The van der Waals surface area contributed by atoms with Crippen LogP contribution in [-0.2, 0) is 10.0 Å². The molecule has 0 saturated heterocycles. The number of carbonyl (C=O) groups is 1. The van der Waals surface area contributed by atoms with Crippen molar-refractivity contribution in [3.8, 4) is 0 Å². The van der Waals surface area contributed by atoms with Gasteiger partial charge in [0.25, 0.3) is 5.91 Å². The summed E-state index contributed by atoms with van der Waals surface area (Å²) in [5.41, 5.74) is 1.12. The number of hydrogen-bond acceptors (Lipinski definition) is 3. The van der Waals surface area contributed by atoms with E-state index in [1.165, 1.54) is 12.1 Å². The van der Waals surface area contributed by atoms with Gasteiger partial charge in [-0.2, -0.15) is 0 Å². The first-order valence-corrected chi connectivity index (χ1v) is 8.26. The van der Waals surface area contributed by atoms with Crippen LogP contribution < -0.4 is 5.14 Å². The van der Waals surface area contributed by atoms with Gasteiger partial charge in [-0.05, 0) is 32.0 Å². The number of nitrogens with zero attached hydrogens (tertiary/aromatic N) is 1. The highest BCUT2D eigenvalue weighted by Gasteiger charge is 2.18. The van der Waals surface area contributed by atoms with Gasteiger partial charge in [-0.3, -0.25) is 4.79 Å². The Hall–Kier alpha value is -1.18. The Kier molecular flexibility index (Phi) is 5.50. The molecule has 0 aliphatic heterocycles. The monoisotopic (exact) mass is 360 g/mol. The molecule has 1 rings (SSSR count). The Balaban J connectivity index is 3.22. The summed E-state index contributed by atoms with van der Waals surface area (Å²) >= 11 is 3.19. The lowest BCUT2D eigenvalue weighted by Crippen LogP contribution is -2.32. The molecule has 20 heavy (non-hydrogen) atoms. The average Bonchev–Trinajstić information content (AvgIpc) is 2.33. The first-order chi connectivity index (χ1) is 9.15. The van der Waals surface area contributed by atoms with Crippen molar-refractivity contribution in [1.29, 1.82) is 0 Å². The number of benzene rings is 1. The van der Waals surface area contributed by atoms with Crippen molar-refractivity contribution in [3.05, 3.63) is 40.4 Å². The van der Waals surface area contributed by atoms with Crippen molar-refractivity contribution in [3.63, 3.8) is 0 Å². The van der Waals surface area contributed by atoms with Gasteiger partial charge >= 0.3 is 0 Å². The summed E-state index contributed by atoms with van der Waals surface area (Å²) < 4.78 is 23.3. The molecule has 7 heteroatoms. The van der Waals surface area contributed by atoms with Crippen molar-refractivity contribution in [1.82, 2.24) is 4.90 Å². The molecule has 5 nitrogen and oxygen atoms in total. The molecule has 0 aromatic heterocycles. The smallest absolute Gasteiger partial charge is 0.254 e. The van der Waals surface area contributed by atoms with E-state index in [0.29, 0.717) is 17.6 Å². The Morgan fingerprint density at radius 2 is 2.00 bits per heavy atom. The SMILES string of the molecule is C=C(C)CN(CC)C(=O)c1cc(Br)cc(S(N)(=O)=O)c1. The fourth-order valence-corrected chi connectivity index (χ4v) is 2.91. The molecule has 1 aromatic carbocycles. The summed E-state index contributed by atoms with van der Waals surface area (Å²) in [4.78, 5) is 13.9. The number of rotatable bonds is 5. The summed E-state index contributed by atoms with van der Waals surface area (Å²) in [6, 6.07) is 4.21. The van der Waals surface area contributed by atoms with Gasteiger partial charge in [0, 0.05) is 23.1 Å². The summed E-state index contributed by atoms with van der Waals surface area (Å²) in [7, 11) is -3.86. The van der Waals surface area contributed by atoms with Crippen LogP contribution in [0, 0.1) is 0 Å². The largest absolute Gasteiger partial charge is 0.335 e. The number of carbonyl (C=O) groups excluding carboxylic acids is 1. The molecule has 0 heterocycles. The molecule has 1 aromatic rings. The van der Waals surface area contributed by atoms with E-state index in [2.05, 4.69) is 22.5 Å². The average molecular weight is 361 g/mol. The molecule has 0 radical (unpaired) electrons. The third-order valence-electron chi connectivity index (χ3n) is 2.58. The molecule has 2 N–H and O–H groups in total. The number of amides is 1. The number of likely N-dealkylation sites (N-methyl/N-ethyl adjacent to an activating group) is 1. The van der Waals surface area contributed by atoms with Gasteiger partial charge in [0.1, 0.15) is 0 Å². The van der Waals surface area contributed by atoms with Gasteiger partial charge in [-0.15, -0.1) is 0 Å². The van der Waals surface area contributed by atoms with Crippen LogP contribution in [0.2, 0.25) is 0 Å². The van der Waals surface area contributed by atoms with Gasteiger partial charge in [-0.25, -0.2) is 13.6 Å². The highest BCUT2D eigenvalue weighted by molar-refractivity contribution is 9.10. The van der Waals surface area contributed by atoms with Crippen LogP contribution in [0.1, 0.15) is 24.2 Å². The quantitative estimate of drug-likeness (QED) is 0.816. The molecule has 0 aliphatic carbocycles. The zero-order valence-corrected chi connectivity index (χ0v) is 13.8. The summed E-state index contributed by atoms with van der Waals surface area (Å²) in [6.07, 6.45) is 0. The maximum absolute atomic E-state index is 12.4. The van der Waals surface area contributed by atoms with E-state index >= 15 is 0 Å². The lowest BCUT2D eigenvalue weighted by atomic mass is 10.2. The van der Waals surface area contributed by atoms with Gasteiger partial charge < -0.3 is 4.90 Å². The molecule has 0 aliphatic rings. The fourth-order valence-electron chi connectivity index (χ4n) is 1.69. The second-order valence-electron chi connectivity index (χ2n) is 4.50. The summed E-state index contributed by atoms with van der Waals surface area (Å²) in [5.74, 6) is -0.262. The predicted molar refractivity (Wildman–Crippen MR) is 81.9 cm³/mol. The molecular formula is C13H17BrN2O3S. The molecular weight excluding hydrogens is 344 g/mol. The zero-order valence-electron chi connectivity index (χ0n) is 11.4. The van der Waals surface area contributed by atoms with Crippen molar-refractivity contribution in [2.75, 3.05) is 13.1 Å². The molecule has 1 amide bonds. The molecule has 0 unspecified atom stereocenters. The van der Waals surface area contributed by atoms with Crippen LogP contribution in [0.3, 0.4) is 0 Å². The van der Waals surface area contributed by atoms with E-state index in [9.17, 15) is 13.2 Å². The standard InChI is InChI=1S/C13H17BrN2O3S/c1-4-16(8-9(2)3)13(17)10-5-11(14)7-12(6-10)20(15,18)19/h5-7H,2,4,8H2,1,3H3,(H2,15,18,19). The van der Waals surface area contributed by atoms with Gasteiger partial charge in [0.15, 0.2) is 0 Å². The number of hydrogen-bond donors (Lipinski definition) is 1. The zero-order chi connectivity index (χ0) is 15.5. The lowest BCUT2D eigenvalue weighted by Gasteiger charge is -2.21. The first-order valence-electron chi connectivity index (χ1n) is 5.92. The van der Waals surface area contributed by atoms with Crippen LogP contribution in [0.5, 0.6) is 0 Å². The molecule has 0 atom stereocenters. The Morgan fingerprint density at radius 1 is 1.40 bits per heavy atom. The van der Waals surface area contributed by atoms with Crippen LogP contribution in [0.15, 0.2) is 39.7 Å². The van der Waals surface area contributed by atoms with Crippen LogP contribution >= 0.6 is 15.9 Å². The van der Waals surface area contributed by atoms with Gasteiger partial charge in [0.2, 0.25) is 10.0 Å². The maximum atomic E-state index is 12.4. The summed E-state index contributed by atoms with van der Waals surface area (Å²) in [5, 5.41) is 5.10. The fraction of sp³-hybridized carbons (Fsp3) is 0.308. The first kappa shape index (κ1) is 16.9. The highest BCUT2D eigenvalue weighted by atomic mass is 79.9. The minimum absolute atomic E-state index is 0.0957. The summed E-state index contributed by atoms with van der Waals surface area (Å²) in [6.45, 7) is 8.37. The van der Waals surface area contributed by atoms with Crippen LogP contribution in [0.25, 0.3) is 0 Å². The van der Waals surface area contributed by atoms with E-state index in [1.54, 1.807) is 11.0 Å². The van der Waals surface area contributed by atoms with Gasteiger partial charge in [-0.1, -0.05) is 28.1 Å². The maximum Gasteiger partial charge on any atom is 0.254 e. The number of nitrogens with two attached hydrogens (primary N) is 1. The molecule has 110 valence electrons. The topological polar surface area (TPSA) is 80.5 Å². The van der Waals surface area contributed by atoms with Gasteiger partial charge in [0.05, 0.1) is 4.90 Å². The third-order valence-corrected chi connectivity index (χ3v) is 3.93. The normalized spacial score (nSPS) is 11.2. The molecule has 0 bridgehead atoms. The van der Waals surface area contributed by atoms with E-state index in [4.69, 9.17) is 5.14 Å². The number of primary sulfonamides is 1. The lowest BCUT2D eigenvalue weighted by molar-refractivity contribution is 0.0778. The van der Waals surface area contributed by atoms with E-state index in [1.807, 2.05) is 13.8 Å². The van der Waals surface area contributed by atoms with E-state index < -0.39 is 10.0 Å². The van der Waals surface area contributed by atoms with Crippen LogP contribution in [-0.4, -0.2) is 32.3 Å². The second kappa shape index (κ2) is 6.51. The van der Waals surface area contributed by atoms with E-state index in [-0.39, 0.29) is 16.4 Å². The Labute approximate surface area is 127 Å². The van der Waals surface area contributed by atoms with Crippen molar-refractivity contribution < 1.29 is 13.2 Å². The van der Waals surface area contributed by atoms with Crippen molar-refractivity contribution >= 4 is 31.9 Å². The number of sulfonamides is 1. The molecule has 0 fully saturated rings. The third kappa shape index (κ3) is 4.43. The van der Waals surface area contributed by atoms with Crippen molar-refractivity contribution in [2.24, 2.45) is 5.14 Å². The number of halogens is 1. The minimum Gasteiger partial charge on any atom is -0.335 e. The Morgan fingerprint density at radius 3 is 2.45 bits per heavy atom. The highest BCUT2D eigenvalue weighted by Crippen LogP contribution is 2.20. The predicted octanol–water partition coefficient (Wildman–Crippen LogP) is 2.13. The Bertz CT molecular complexity index is 641.